The third-order valence-corrected chi connectivity index (χ3v) is 8.13. The number of halogens is 1. The van der Waals surface area contributed by atoms with Crippen LogP contribution in [0.15, 0.2) is 36.9 Å². The third kappa shape index (κ3) is 3.54. The summed E-state index contributed by atoms with van der Waals surface area (Å²) in [5.41, 5.74) is -0.724. The molecule has 2 bridgehead atoms. The number of rotatable bonds is 9. The molecular weight excluding hydrogens is 508 g/mol. The van der Waals surface area contributed by atoms with Gasteiger partial charge in [-0.05, 0) is 37.1 Å². The number of fused-ring (bicyclic) bond motifs is 1. The summed E-state index contributed by atoms with van der Waals surface area (Å²) in [6.45, 7) is 5.41. The minimum absolute atomic E-state index is 0.171. The minimum Gasteiger partial charge on any atom is -0.497 e. The highest BCUT2D eigenvalue weighted by Crippen LogP contribution is 2.60. The molecule has 3 saturated heterocycles. The van der Waals surface area contributed by atoms with E-state index in [1.807, 2.05) is 6.92 Å². The summed E-state index contributed by atoms with van der Waals surface area (Å²) < 4.78 is 11.5. The molecule has 3 aliphatic rings. The third-order valence-electron chi connectivity index (χ3n) is 7.28. The molecule has 34 heavy (non-hydrogen) atoms. The van der Waals surface area contributed by atoms with Crippen molar-refractivity contribution >= 4 is 39.4 Å². The summed E-state index contributed by atoms with van der Waals surface area (Å²) in [6, 6.07) is 5.20. The van der Waals surface area contributed by atoms with Gasteiger partial charge in [-0.1, -0.05) is 28.9 Å². The number of aliphatic hydroxyl groups is 1. The van der Waals surface area contributed by atoms with Crippen molar-refractivity contribution in [2.45, 2.75) is 48.4 Å². The zero-order valence-electron chi connectivity index (χ0n) is 19.1. The van der Waals surface area contributed by atoms with Crippen molar-refractivity contribution in [1.29, 1.82) is 0 Å². The molecule has 0 aromatic heterocycles. The number of likely N-dealkylation sites (tertiary alicyclic amines) is 1. The molecule has 0 saturated carbocycles. The van der Waals surface area contributed by atoms with Gasteiger partial charge in [0.15, 0.2) is 0 Å². The van der Waals surface area contributed by atoms with Crippen molar-refractivity contribution in [2.24, 2.45) is 11.8 Å². The van der Waals surface area contributed by atoms with Crippen LogP contribution >= 0.6 is 15.9 Å². The number of amides is 2. The van der Waals surface area contributed by atoms with Gasteiger partial charge < -0.3 is 29.5 Å². The molecule has 7 atom stereocenters. The average molecular weight is 537 g/mol. The number of carbonyl (C=O) groups is 3. The maximum atomic E-state index is 14.2. The molecule has 3 unspecified atom stereocenters. The molecule has 0 radical (unpaired) electrons. The Morgan fingerprint density at radius 3 is 2.62 bits per heavy atom. The van der Waals surface area contributed by atoms with Crippen LogP contribution in [0.2, 0.25) is 0 Å². The van der Waals surface area contributed by atoms with Crippen molar-refractivity contribution in [3.05, 3.63) is 36.9 Å². The number of carboxylic acids is 1. The van der Waals surface area contributed by atoms with Crippen LogP contribution in [0.1, 0.15) is 19.8 Å². The fourth-order valence-electron chi connectivity index (χ4n) is 5.80. The van der Waals surface area contributed by atoms with Crippen LogP contribution in [0.5, 0.6) is 5.75 Å². The lowest BCUT2D eigenvalue weighted by molar-refractivity contribution is -0.150. The average Bonchev–Trinajstić information content (AvgIpc) is 3.42. The van der Waals surface area contributed by atoms with Crippen LogP contribution < -0.4 is 9.64 Å². The number of ether oxygens (including phenoxy) is 2. The molecule has 184 valence electrons. The Morgan fingerprint density at radius 2 is 2.09 bits per heavy atom. The number of anilines is 1. The second-order valence-electron chi connectivity index (χ2n) is 8.93. The fraction of sp³-hybridized carbons (Fsp3) is 0.542. The molecule has 1 aromatic carbocycles. The molecular formula is C24H29BrN2O7. The van der Waals surface area contributed by atoms with Crippen LogP contribution in [0.3, 0.4) is 0 Å². The van der Waals surface area contributed by atoms with Gasteiger partial charge in [0.05, 0.1) is 37.7 Å². The Bertz CT molecular complexity index is 982. The number of aliphatic carboxylic acids is 1. The minimum atomic E-state index is -1.30. The number of carboxylic acid groups (broad SMARTS) is 1. The number of aliphatic hydroxyl groups excluding tert-OH is 1. The topological polar surface area (TPSA) is 117 Å². The predicted octanol–water partition coefficient (Wildman–Crippen LogP) is 1.82. The van der Waals surface area contributed by atoms with Crippen molar-refractivity contribution < 1.29 is 34.1 Å². The molecule has 1 spiro atoms. The molecule has 1 aromatic rings. The fourth-order valence-corrected chi connectivity index (χ4v) is 6.74. The Labute approximate surface area is 206 Å². The van der Waals surface area contributed by atoms with E-state index in [-0.39, 0.29) is 18.0 Å². The molecule has 4 rings (SSSR count). The Hall–Kier alpha value is -2.43. The standard InChI is InChI=1S/C24H29BrN2O7/c1-4-10-26(14-6-8-15(33-3)9-7-14)22(30)20-24-11-16(25)19(34-24)17(23(31)32)18(24)21(29)27(20)13(5-2)12-28/h4,6-9,13,16-20,28H,1,5,10-12H2,2-3H3,(H,31,32)/t13-,16?,17-,18-,19-,20?,24?/m0/s1. The van der Waals surface area contributed by atoms with Gasteiger partial charge in [-0.3, -0.25) is 14.4 Å². The van der Waals surface area contributed by atoms with Crippen molar-refractivity contribution in [1.82, 2.24) is 4.90 Å². The van der Waals surface area contributed by atoms with E-state index in [1.54, 1.807) is 37.5 Å². The smallest absolute Gasteiger partial charge is 0.310 e. The highest BCUT2D eigenvalue weighted by Gasteiger charge is 2.77. The zero-order chi connectivity index (χ0) is 24.8. The maximum Gasteiger partial charge on any atom is 0.310 e. The normalized spacial score (nSPS) is 32.4. The molecule has 2 amide bonds. The van der Waals surface area contributed by atoms with Gasteiger partial charge in [-0.2, -0.15) is 0 Å². The lowest BCUT2D eigenvalue weighted by Gasteiger charge is -2.39. The SMILES string of the molecule is C=CCN(C(=O)C1N([C@@H](CC)CO)C(=O)[C@@H]2[C@H](C(=O)O)[C@H]3OC12CC3Br)c1ccc(OC)cc1. The first kappa shape index (κ1) is 24.7. The van der Waals surface area contributed by atoms with Crippen LogP contribution in [-0.2, 0) is 19.1 Å². The van der Waals surface area contributed by atoms with E-state index in [2.05, 4.69) is 22.5 Å². The van der Waals surface area contributed by atoms with Gasteiger partial charge in [-0.25, -0.2) is 0 Å². The zero-order valence-corrected chi connectivity index (χ0v) is 20.7. The molecule has 10 heteroatoms. The van der Waals surface area contributed by atoms with Crippen molar-refractivity contribution in [3.63, 3.8) is 0 Å². The lowest BCUT2D eigenvalue weighted by atomic mass is 9.70. The van der Waals surface area contributed by atoms with Crippen LogP contribution in [-0.4, -0.2) is 81.8 Å². The number of hydrogen-bond donors (Lipinski definition) is 2. The Kier molecular flexibility index (Phi) is 6.76. The Morgan fingerprint density at radius 1 is 1.41 bits per heavy atom. The molecule has 9 nitrogen and oxygen atoms in total. The largest absolute Gasteiger partial charge is 0.497 e. The summed E-state index contributed by atoms with van der Waals surface area (Å²) in [6.07, 6.45) is 1.59. The molecule has 3 heterocycles. The van der Waals surface area contributed by atoms with E-state index < -0.39 is 53.4 Å². The predicted molar refractivity (Wildman–Crippen MR) is 127 cm³/mol. The van der Waals surface area contributed by atoms with Crippen LogP contribution in [0.25, 0.3) is 0 Å². The van der Waals surface area contributed by atoms with Crippen LogP contribution in [0.4, 0.5) is 5.69 Å². The van der Waals surface area contributed by atoms with E-state index >= 15 is 0 Å². The number of hydrogen-bond acceptors (Lipinski definition) is 6. The monoisotopic (exact) mass is 536 g/mol. The molecule has 2 N–H and O–H groups in total. The first-order valence-electron chi connectivity index (χ1n) is 11.3. The molecule has 3 fully saturated rings. The van der Waals surface area contributed by atoms with E-state index in [0.717, 1.165) is 0 Å². The number of alkyl halides is 1. The van der Waals surface area contributed by atoms with Gasteiger partial charge in [0.1, 0.15) is 17.4 Å². The molecule has 3 aliphatic heterocycles. The number of nitrogens with zero attached hydrogens (tertiary/aromatic N) is 2. The van der Waals surface area contributed by atoms with Gasteiger partial charge >= 0.3 is 5.97 Å². The quantitative estimate of drug-likeness (QED) is 0.365. The lowest BCUT2D eigenvalue weighted by Crippen LogP contribution is -2.59. The first-order valence-corrected chi connectivity index (χ1v) is 12.2. The van der Waals surface area contributed by atoms with Gasteiger partial charge in [0, 0.05) is 17.1 Å². The van der Waals surface area contributed by atoms with E-state index in [1.165, 1.54) is 9.80 Å². The summed E-state index contributed by atoms with van der Waals surface area (Å²) in [5.74, 6) is -3.43. The summed E-state index contributed by atoms with van der Waals surface area (Å²) in [4.78, 5) is 42.7. The summed E-state index contributed by atoms with van der Waals surface area (Å²) in [5, 5.41) is 20.0. The number of carbonyl (C=O) groups excluding carboxylic acids is 2. The van der Waals surface area contributed by atoms with E-state index in [9.17, 15) is 24.6 Å². The highest BCUT2D eigenvalue weighted by atomic mass is 79.9. The number of methoxy groups -OCH3 is 1. The first-order chi connectivity index (χ1) is 16.2. The van der Waals surface area contributed by atoms with Gasteiger partial charge in [-0.15, -0.1) is 6.58 Å². The second kappa shape index (κ2) is 9.31. The summed E-state index contributed by atoms with van der Waals surface area (Å²) in [7, 11) is 1.55. The van der Waals surface area contributed by atoms with Gasteiger partial charge in [0.25, 0.3) is 5.91 Å². The highest BCUT2D eigenvalue weighted by molar-refractivity contribution is 9.09. The number of benzene rings is 1. The maximum absolute atomic E-state index is 14.2. The van der Waals surface area contributed by atoms with E-state index in [4.69, 9.17) is 9.47 Å². The Balaban J connectivity index is 1.83. The second-order valence-corrected chi connectivity index (χ2v) is 10.1. The van der Waals surface area contributed by atoms with Crippen LogP contribution in [0, 0.1) is 11.8 Å². The summed E-state index contributed by atoms with van der Waals surface area (Å²) >= 11 is 3.53. The van der Waals surface area contributed by atoms with Crippen molar-refractivity contribution in [3.8, 4) is 5.75 Å². The molecule has 0 aliphatic carbocycles. The van der Waals surface area contributed by atoms with Crippen molar-refractivity contribution in [2.75, 3.05) is 25.2 Å². The van der Waals surface area contributed by atoms with Gasteiger partial charge in [0.2, 0.25) is 5.91 Å². The van der Waals surface area contributed by atoms with E-state index in [0.29, 0.717) is 24.3 Å².